The van der Waals surface area contributed by atoms with E-state index in [1.807, 2.05) is 12.4 Å². The summed E-state index contributed by atoms with van der Waals surface area (Å²) in [6.45, 7) is 4.70. The lowest BCUT2D eigenvalue weighted by atomic mass is 9.73. The zero-order valence-electron chi connectivity index (χ0n) is 9.01. The molecule has 3 heteroatoms. The van der Waals surface area contributed by atoms with Crippen LogP contribution in [0.3, 0.4) is 0 Å². The summed E-state index contributed by atoms with van der Waals surface area (Å²) in [6, 6.07) is 0.592. The normalized spacial score (nSPS) is 26.0. The highest BCUT2D eigenvalue weighted by molar-refractivity contribution is 5.39. The molecule has 1 aliphatic carbocycles. The van der Waals surface area contributed by atoms with E-state index in [0.29, 0.717) is 11.5 Å². The summed E-state index contributed by atoms with van der Waals surface area (Å²) < 4.78 is 0. The predicted octanol–water partition coefficient (Wildman–Crippen LogP) is 2.79. The Bertz CT molecular complexity index is 277. The summed E-state index contributed by atoms with van der Waals surface area (Å²) in [4.78, 5) is 0. The summed E-state index contributed by atoms with van der Waals surface area (Å²) >= 11 is 0. The SMILES string of the molecule is CC1(C)CCCCC1Nc1cn[nH]c1. The number of aromatic nitrogens is 2. The first-order valence-corrected chi connectivity index (χ1v) is 5.44. The lowest BCUT2D eigenvalue weighted by molar-refractivity contribution is 0.217. The number of anilines is 1. The summed E-state index contributed by atoms with van der Waals surface area (Å²) in [6.07, 6.45) is 9.09. The van der Waals surface area contributed by atoms with E-state index in [1.54, 1.807) is 0 Å². The van der Waals surface area contributed by atoms with Crippen LogP contribution in [-0.2, 0) is 0 Å². The fourth-order valence-corrected chi connectivity index (χ4v) is 2.29. The van der Waals surface area contributed by atoms with Gasteiger partial charge >= 0.3 is 0 Å². The van der Waals surface area contributed by atoms with Crippen molar-refractivity contribution in [2.75, 3.05) is 5.32 Å². The number of nitrogens with one attached hydrogen (secondary N) is 2. The largest absolute Gasteiger partial charge is 0.379 e. The van der Waals surface area contributed by atoms with Crippen molar-refractivity contribution < 1.29 is 0 Å². The Morgan fingerprint density at radius 3 is 3.00 bits per heavy atom. The van der Waals surface area contributed by atoms with E-state index in [4.69, 9.17) is 0 Å². The molecule has 0 saturated heterocycles. The van der Waals surface area contributed by atoms with Gasteiger partial charge in [-0.3, -0.25) is 5.10 Å². The van der Waals surface area contributed by atoms with Gasteiger partial charge in [0.2, 0.25) is 0 Å². The molecule has 78 valence electrons. The Hall–Kier alpha value is -0.990. The number of hydrogen-bond donors (Lipinski definition) is 2. The van der Waals surface area contributed by atoms with Gasteiger partial charge in [-0.25, -0.2) is 0 Å². The minimum atomic E-state index is 0.412. The van der Waals surface area contributed by atoms with Crippen LogP contribution in [0.2, 0.25) is 0 Å². The molecule has 1 unspecified atom stereocenters. The second kappa shape index (κ2) is 3.64. The molecule has 1 heterocycles. The molecule has 0 aliphatic heterocycles. The van der Waals surface area contributed by atoms with Gasteiger partial charge in [0.1, 0.15) is 0 Å². The van der Waals surface area contributed by atoms with E-state index in [1.165, 1.54) is 25.7 Å². The molecule has 2 rings (SSSR count). The van der Waals surface area contributed by atoms with E-state index in [-0.39, 0.29) is 0 Å². The highest BCUT2D eigenvalue weighted by atomic mass is 15.1. The minimum absolute atomic E-state index is 0.412. The zero-order valence-corrected chi connectivity index (χ0v) is 9.01. The van der Waals surface area contributed by atoms with Gasteiger partial charge < -0.3 is 5.32 Å². The van der Waals surface area contributed by atoms with Crippen molar-refractivity contribution in [3.8, 4) is 0 Å². The molecule has 1 fully saturated rings. The van der Waals surface area contributed by atoms with Gasteiger partial charge in [-0.15, -0.1) is 0 Å². The van der Waals surface area contributed by atoms with E-state index >= 15 is 0 Å². The van der Waals surface area contributed by atoms with Crippen molar-refractivity contribution >= 4 is 5.69 Å². The summed E-state index contributed by atoms with van der Waals surface area (Å²) in [5.41, 5.74) is 1.53. The molecule has 0 amide bonds. The van der Waals surface area contributed by atoms with Crippen LogP contribution in [0.4, 0.5) is 5.69 Å². The third-order valence-electron chi connectivity index (χ3n) is 3.35. The van der Waals surface area contributed by atoms with Gasteiger partial charge in [0, 0.05) is 12.2 Å². The van der Waals surface area contributed by atoms with Crippen LogP contribution in [0.5, 0.6) is 0 Å². The first-order chi connectivity index (χ1) is 6.68. The van der Waals surface area contributed by atoms with Crippen molar-refractivity contribution in [1.29, 1.82) is 0 Å². The number of nitrogens with zero attached hydrogens (tertiary/aromatic N) is 1. The molecular weight excluding hydrogens is 174 g/mol. The lowest BCUT2D eigenvalue weighted by Gasteiger charge is -2.39. The number of H-pyrrole nitrogens is 1. The maximum absolute atomic E-state index is 3.95. The molecule has 1 atom stereocenters. The van der Waals surface area contributed by atoms with E-state index in [2.05, 4.69) is 29.4 Å². The molecule has 0 radical (unpaired) electrons. The minimum Gasteiger partial charge on any atom is -0.379 e. The molecule has 3 nitrogen and oxygen atoms in total. The van der Waals surface area contributed by atoms with E-state index in [9.17, 15) is 0 Å². The van der Waals surface area contributed by atoms with Crippen LogP contribution in [-0.4, -0.2) is 16.2 Å². The lowest BCUT2D eigenvalue weighted by Crippen LogP contribution is -2.38. The predicted molar refractivity (Wildman–Crippen MR) is 58.2 cm³/mol. The number of rotatable bonds is 2. The Labute approximate surface area is 85.3 Å². The molecular formula is C11H19N3. The van der Waals surface area contributed by atoms with Gasteiger partial charge in [0.25, 0.3) is 0 Å². The van der Waals surface area contributed by atoms with Crippen LogP contribution in [0.15, 0.2) is 12.4 Å². The van der Waals surface area contributed by atoms with Crippen molar-refractivity contribution in [1.82, 2.24) is 10.2 Å². The van der Waals surface area contributed by atoms with E-state index < -0.39 is 0 Å². The first-order valence-electron chi connectivity index (χ1n) is 5.44. The van der Waals surface area contributed by atoms with E-state index in [0.717, 1.165) is 5.69 Å². The maximum atomic E-state index is 3.95. The molecule has 1 aliphatic rings. The molecule has 0 bridgehead atoms. The van der Waals surface area contributed by atoms with Crippen LogP contribution < -0.4 is 5.32 Å². The Morgan fingerprint density at radius 1 is 1.50 bits per heavy atom. The summed E-state index contributed by atoms with van der Waals surface area (Å²) in [5.74, 6) is 0. The third kappa shape index (κ3) is 1.91. The highest BCUT2D eigenvalue weighted by Gasteiger charge is 2.31. The van der Waals surface area contributed by atoms with Gasteiger partial charge in [0.15, 0.2) is 0 Å². The van der Waals surface area contributed by atoms with Gasteiger partial charge in [-0.1, -0.05) is 26.7 Å². The fourth-order valence-electron chi connectivity index (χ4n) is 2.29. The van der Waals surface area contributed by atoms with Crippen LogP contribution in [0, 0.1) is 5.41 Å². The molecule has 14 heavy (non-hydrogen) atoms. The number of hydrogen-bond acceptors (Lipinski definition) is 2. The van der Waals surface area contributed by atoms with Gasteiger partial charge in [-0.05, 0) is 18.3 Å². The van der Waals surface area contributed by atoms with Gasteiger partial charge in [-0.2, -0.15) is 5.10 Å². The van der Waals surface area contributed by atoms with Crippen molar-refractivity contribution in [3.05, 3.63) is 12.4 Å². The quantitative estimate of drug-likeness (QED) is 0.758. The van der Waals surface area contributed by atoms with Gasteiger partial charge in [0.05, 0.1) is 11.9 Å². The summed E-state index contributed by atoms with van der Waals surface area (Å²) in [7, 11) is 0. The topological polar surface area (TPSA) is 40.7 Å². The maximum Gasteiger partial charge on any atom is 0.0726 e. The molecule has 0 spiro atoms. The zero-order chi connectivity index (χ0) is 10.0. The Balaban J connectivity index is 2.02. The van der Waals surface area contributed by atoms with Crippen LogP contribution >= 0.6 is 0 Å². The fraction of sp³-hybridized carbons (Fsp3) is 0.727. The average Bonchev–Trinajstić information content (AvgIpc) is 2.61. The second-order valence-corrected chi connectivity index (χ2v) is 4.92. The Morgan fingerprint density at radius 2 is 2.36 bits per heavy atom. The summed E-state index contributed by atoms with van der Waals surface area (Å²) in [5, 5.41) is 10.3. The monoisotopic (exact) mass is 193 g/mol. The third-order valence-corrected chi connectivity index (χ3v) is 3.35. The van der Waals surface area contributed by atoms with Crippen molar-refractivity contribution in [2.24, 2.45) is 5.41 Å². The first kappa shape index (κ1) is 9.56. The number of aromatic amines is 1. The standard InChI is InChI=1S/C11H19N3/c1-11(2)6-4-3-5-10(11)14-9-7-12-13-8-9/h7-8,10,14H,3-6H2,1-2H3,(H,12,13). The molecule has 0 aromatic carbocycles. The second-order valence-electron chi connectivity index (χ2n) is 4.92. The molecule has 1 saturated carbocycles. The molecule has 2 N–H and O–H groups in total. The molecule has 1 aromatic rings. The van der Waals surface area contributed by atoms with Crippen LogP contribution in [0.25, 0.3) is 0 Å². The highest BCUT2D eigenvalue weighted by Crippen LogP contribution is 2.36. The van der Waals surface area contributed by atoms with Crippen molar-refractivity contribution in [2.45, 2.75) is 45.6 Å². The smallest absolute Gasteiger partial charge is 0.0726 e. The molecule has 1 aromatic heterocycles. The average molecular weight is 193 g/mol. The van der Waals surface area contributed by atoms with Crippen molar-refractivity contribution in [3.63, 3.8) is 0 Å². The Kier molecular flexibility index (Phi) is 2.48. The van der Waals surface area contributed by atoms with Crippen LogP contribution in [0.1, 0.15) is 39.5 Å².